The van der Waals surface area contributed by atoms with E-state index in [1.807, 2.05) is 40.5 Å². The topological polar surface area (TPSA) is 63.1 Å². The number of hydrogen-bond acceptors (Lipinski definition) is 3. The summed E-state index contributed by atoms with van der Waals surface area (Å²) in [5.41, 5.74) is 0.844. The van der Waals surface area contributed by atoms with Crippen molar-refractivity contribution in [3.05, 3.63) is 40.8 Å². The van der Waals surface area contributed by atoms with Crippen LogP contribution in [0.2, 0.25) is 0 Å². The zero-order valence-electron chi connectivity index (χ0n) is 11.5. The molecule has 2 aromatic heterocycles. The zero-order chi connectivity index (χ0) is 14.7. The number of thiophene rings is 1. The first-order valence-corrected chi connectivity index (χ1v) is 7.93. The van der Waals surface area contributed by atoms with E-state index >= 15 is 0 Å². The van der Waals surface area contributed by atoms with Crippen molar-refractivity contribution in [3.63, 3.8) is 0 Å². The summed E-state index contributed by atoms with van der Waals surface area (Å²) in [6.07, 6.45) is 6.40. The third kappa shape index (κ3) is 3.00. The molecule has 3 rings (SSSR count). The summed E-state index contributed by atoms with van der Waals surface area (Å²) in [5.74, 6) is -0.268. The number of nitrogens with one attached hydrogen (secondary N) is 2. The third-order valence-corrected chi connectivity index (χ3v) is 4.48. The molecule has 2 aromatic rings. The molecular weight excluding hydrogens is 286 g/mol. The summed E-state index contributed by atoms with van der Waals surface area (Å²) >= 11 is 1.39. The van der Waals surface area contributed by atoms with Gasteiger partial charge < -0.3 is 15.2 Å². The van der Waals surface area contributed by atoms with Gasteiger partial charge in [0.15, 0.2) is 0 Å². The lowest BCUT2D eigenvalue weighted by Gasteiger charge is -2.15. The molecule has 0 radical (unpaired) electrons. The highest BCUT2D eigenvalue weighted by molar-refractivity contribution is 7.12. The Kier molecular flexibility index (Phi) is 4.06. The smallest absolute Gasteiger partial charge is 0.264 e. The highest BCUT2D eigenvalue weighted by atomic mass is 32.1. The van der Waals surface area contributed by atoms with Crippen molar-refractivity contribution in [3.8, 4) is 5.69 Å². The van der Waals surface area contributed by atoms with E-state index in [2.05, 4.69) is 10.6 Å². The molecule has 0 aromatic carbocycles. The van der Waals surface area contributed by atoms with E-state index in [0.29, 0.717) is 17.8 Å². The van der Waals surface area contributed by atoms with Gasteiger partial charge >= 0.3 is 0 Å². The Morgan fingerprint density at radius 1 is 1.33 bits per heavy atom. The van der Waals surface area contributed by atoms with Crippen molar-refractivity contribution in [2.75, 3.05) is 6.54 Å². The van der Waals surface area contributed by atoms with Gasteiger partial charge in [-0.2, -0.15) is 0 Å². The lowest BCUT2D eigenvalue weighted by molar-refractivity contribution is -0.122. The van der Waals surface area contributed by atoms with Crippen LogP contribution in [-0.4, -0.2) is 29.0 Å². The maximum Gasteiger partial charge on any atom is 0.264 e. The van der Waals surface area contributed by atoms with Crippen LogP contribution in [0.15, 0.2) is 36.0 Å². The highest BCUT2D eigenvalue weighted by Crippen LogP contribution is 2.21. The molecule has 2 amide bonds. The predicted octanol–water partition coefficient (Wildman–Crippen LogP) is 1.94. The van der Waals surface area contributed by atoms with Gasteiger partial charge in [-0.3, -0.25) is 9.59 Å². The third-order valence-electron chi connectivity index (χ3n) is 3.57. The number of amides is 2. The van der Waals surface area contributed by atoms with Gasteiger partial charge in [-0.15, -0.1) is 11.3 Å². The number of carbonyl (C=O) groups excluding carboxylic acids is 2. The molecule has 2 N–H and O–H groups in total. The summed E-state index contributed by atoms with van der Waals surface area (Å²) in [4.78, 5) is 25.0. The second kappa shape index (κ2) is 6.13. The predicted molar refractivity (Wildman–Crippen MR) is 81.8 cm³/mol. The number of carbonyl (C=O) groups is 2. The summed E-state index contributed by atoms with van der Waals surface area (Å²) in [6.45, 7) is 0.693. The van der Waals surface area contributed by atoms with Crippen LogP contribution in [0, 0.1) is 0 Å². The van der Waals surface area contributed by atoms with E-state index in [1.165, 1.54) is 11.3 Å². The highest BCUT2D eigenvalue weighted by Gasteiger charge is 2.24. The minimum atomic E-state index is -0.431. The van der Waals surface area contributed by atoms with E-state index in [-0.39, 0.29) is 11.8 Å². The molecule has 0 saturated carbocycles. The van der Waals surface area contributed by atoms with Crippen LogP contribution in [0.3, 0.4) is 0 Å². The maximum atomic E-state index is 12.5. The van der Waals surface area contributed by atoms with Crippen molar-refractivity contribution in [2.45, 2.75) is 25.3 Å². The standard InChI is InChI=1S/C15H17N3O2S/c19-14-11(5-1-2-7-16-14)17-15(20)13-12(6-10-21-13)18-8-3-4-9-18/h3-4,6,8-11H,1-2,5,7H2,(H,16,19)(H,17,20)/t11-/m1/s1. The second-order valence-corrected chi connectivity index (χ2v) is 5.95. The maximum absolute atomic E-state index is 12.5. The molecule has 0 bridgehead atoms. The molecule has 0 unspecified atom stereocenters. The van der Waals surface area contributed by atoms with E-state index in [4.69, 9.17) is 0 Å². The quantitative estimate of drug-likeness (QED) is 0.910. The molecule has 0 aliphatic carbocycles. The van der Waals surface area contributed by atoms with Crippen LogP contribution in [-0.2, 0) is 4.79 Å². The number of rotatable bonds is 3. The molecule has 0 spiro atoms. The second-order valence-electron chi connectivity index (χ2n) is 5.04. The van der Waals surface area contributed by atoms with Crippen LogP contribution in [0.25, 0.3) is 5.69 Å². The zero-order valence-corrected chi connectivity index (χ0v) is 12.4. The van der Waals surface area contributed by atoms with Crippen molar-refractivity contribution >= 4 is 23.2 Å². The van der Waals surface area contributed by atoms with Gasteiger partial charge in [0, 0.05) is 18.9 Å². The van der Waals surface area contributed by atoms with Crippen molar-refractivity contribution < 1.29 is 9.59 Å². The fourth-order valence-electron chi connectivity index (χ4n) is 2.47. The van der Waals surface area contributed by atoms with E-state index in [1.54, 1.807) is 0 Å². The first-order chi connectivity index (χ1) is 10.3. The lowest BCUT2D eigenvalue weighted by Crippen LogP contribution is -2.45. The lowest BCUT2D eigenvalue weighted by atomic mass is 10.1. The monoisotopic (exact) mass is 303 g/mol. The Morgan fingerprint density at radius 2 is 2.14 bits per heavy atom. The molecule has 21 heavy (non-hydrogen) atoms. The first kappa shape index (κ1) is 13.9. The molecule has 1 fully saturated rings. The van der Waals surface area contributed by atoms with Gasteiger partial charge in [-0.05, 0) is 42.8 Å². The first-order valence-electron chi connectivity index (χ1n) is 7.05. The molecule has 1 atom stereocenters. The van der Waals surface area contributed by atoms with E-state index < -0.39 is 6.04 Å². The van der Waals surface area contributed by atoms with Gasteiger partial charge in [0.05, 0.1) is 5.69 Å². The number of nitrogens with zero attached hydrogens (tertiary/aromatic N) is 1. The molecule has 110 valence electrons. The largest absolute Gasteiger partial charge is 0.354 e. The van der Waals surface area contributed by atoms with Crippen LogP contribution in [0.4, 0.5) is 0 Å². The SMILES string of the molecule is O=C(N[C@@H]1CCCCNC1=O)c1sccc1-n1cccc1. The number of aromatic nitrogens is 1. The summed E-state index contributed by atoms with van der Waals surface area (Å²) in [6, 6.07) is 5.31. The Morgan fingerprint density at radius 3 is 2.95 bits per heavy atom. The van der Waals surface area contributed by atoms with Crippen LogP contribution >= 0.6 is 11.3 Å². The van der Waals surface area contributed by atoms with Gasteiger partial charge in [0.1, 0.15) is 10.9 Å². The summed E-state index contributed by atoms with van der Waals surface area (Å²) < 4.78 is 1.90. The Hall–Kier alpha value is -2.08. The fourth-order valence-corrected chi connectivity index (χ4v) is 3.26. The Labute approximate surface area is 127 Å². The Bertz CT molecular complexity index is 633. The van der Waals surface area contributed by atoms with Crippen LogP contribution < -0.4 is 10.6 Å². The minimum absolute atomic E-state index is 0.0834. The fraction of sp³-hybridized carbons (Fsp3) is 0.333. The molecule has 1 aliphatic heterocycles. The molecular formula is C15H17N3O2S. The van der Waals surface area contributed by atoms with Crippen molar-refractivity contribution in [2.24, 2.45) is 0 Å². The van der Waals surface area contributed by atoms with Gasteiger partial charge in [-0.1, -0.05) is 0 Å². The van der Waals surface area contributed by atoms with Gasteiger partial charge in [-0.25, -0.2) is 0 Å². The van der Waals surface area contributed by atoms with E-state index in [9.17, 15) is 9.59 Å². The van der Waals surface area contributed by atoms with Crippen LogP contribution in [0.1, 0.15) is 28.9 Å². The molecule has 6 heteroatoms. The normalized spacial score (nSPS) is 18.9. The van der Waals surface area contributed by atoms with Gasteiger partial charge in [0.2, 0.25) is 5.91 Å². The summed E-state index contributed by atoms with van der Waals surface area (Å²) in [7, 11) is 0. The molecule has 1 aliphatic rings. The Balaban J connectivity index is 1.77. The average molecular weight is 303 g/mol. The average Bonchev–Trinajstić information content (AvgIpc) is 3.12. The molecule has 1 saturated heterocycles. The van der Waals surface area contributed by atoms with E-state index in [0.717, 1.165) is 18.5 Å². The molecule has 5 nitrogen and oxygen atoms in total. The van der Waals surface area contributed by atoms with Crippen LogP contribution in [0.5, 0.6) is 0 Å². The van der Waals surface area contributed by atoms with Crippen molar-refractivity contribution in [1.29, 1.82) is 0 Å². The minimum Gasteiger partial charge on any atom is -0.354 e. The number of hydrogen-bond donors (Lipinski definition) is 2. The van der Waals surface area contributed by atoms with Gasteiger partial charge in [0.25, 0.3) is 5.91 Å². The van der Waals surface area contributed by atoms with Crippen molar-refractivity contribution in [1.82, 2.24) is 15.2 Å². The summed E-state index contributed by atoms with van der Waals surface area (Å²) in [5, 5.41) is 7.58. The molecule has 3 heterocycles.